The summed E-state index contributed by atoms with van der Waals surface area (Å²) in [4.78, 5) is 20.4. The summed E-state index contributed by atoms with van der Waals surface area (Å²) in [6, 6.07) is 55.1. The molecule has 7 nitrogen and oxygen atoms in total. The molecule has 0 aliphatic carbocycles. The number of hydrogen-bond acceptors (Lipinski definition) is 6. The first-order chi connectivity index (χ1) is 26.3. The minimum atomic E-state index is 0.522. The summed E-state index contributed by atoms with van der Waals surface area (Å²) < 4.78 is 15.3. The molecule has 7 aromatic carbocycles. The van der Waals surface area contributed by atoms with Gasteiger partial charge in [-0.1, -0.05) is 103 Å². The van der Waals surface area contributed by atoms with E-state index in [-0.39, 0.29) is 0 Å². The maximum absolute atomic E-state index is 6.93. The molecule has 0 saturated carbocycles. The summed E-state index contributed by atoms with van der Waals surface area (Å²) >= 11 is 0. The zero-order chi connectivity index (χ0) is 34.9. The number of para-hydroxylation sites is 6. The molecule has 53 heavy (non-hydrogen) atoms. The fourth-order valence-corrected chi connectivity index (χ4v) is 7.42. The van der Waals surface area contributed by atoms with Crippen LogP contribution in [0.5, 0.6) is 0 Å². The third-order valence-electron chi connectivity index (χ3n) is 9.88. The Labute approximate surface area is 302 Å². The first-order valence-corrected chi connectivity index (χ1v) is 17.5. The Bertz CT molecular complexity index is 3180. The lowest BCUT2D eigenvalue weighted by Crippen LogP contribution is -2.00. The minimum Gasteiger partial charge on any atom is -0.456 e. The van der Waals surface area contributed by atoms with Crippen molar-refractivity contribution in [3.8, 4) is 51.2 Å². The lowest BCUT2D eigenvalue weighted by atomic mass is 10.1. The highest BCUT2D eigenvalue weighted by atomic mass is 16.3. The van der Waals surface area contributed by atoms with E-state index >= 15 is 0 Å². The summed E-state index contributed by atoms with van der Waals surface area (Å²) in [7, 11) is 0. The van der Waals surface area contributed by atoms with Gasteiger partial charge >= 0.3 is 0 Å². The van der Waals surface area contributed by atoms with E-state index in [1.54, 1.807) is 0 Å². The predicted octanol–water partition coefficient (Wildman–Crippen LogP) is 11.7. The van der Waals surface area contributed by atoms with E-state index in [1.807, 2.05) is 109 Å². The zero-order valence-corrected chi connectivity index (χ0v) is 28.1. The topological polar surface area (TPSA) is 82.8 Å². The molecule has 0 aliphatic rings. The number of furan rings is 2. The average molecular weight is 682 g/mol. The number of hydrogen-bond donors (Lipinski definition) is 0. The SMILES string of the molecule is c1ccc(-c2nc(-c3ccc4oc5ccccc5c4c3)nc(-c3cccc4c3oc3c(-c5nc6ccccc6n5-c5ccccc5)cccc34)n2)cc1. The summed E-state index contributed by atoms with van der Waals surface area (Å²) in [5, 5.41) is 4.01. The molecule has 4 heterocycles. The van der Waals surface area contributed by atoms with Crippen LogP contribution in [-0.4, -0.2) is 24.5 Å². The summed E-state index contributed by atoms with van der Waals surface area (Å²) in [5.41, 5.74) is 9.49. The quantitative estimate of drug-likeness (QED) is 0.180. The number of imidazole rings is 1. The largest absolute Gasteiger partial charge is 0.456 e. The van der Waals surface area contributed by atoms with E-state index in [0.29, 0.717) is 23.1 Å². The second kappa shape index (κ2) is 11.6. The van der Waals surface area contributed by atoms with Crippen molar-refractivity contribution >= 4 is 54.9 Å². The van der Waals surface area contributed by atoms with Crippen LogP contribution in [0.2, 0.25) is 0 Å². The number of fused-ring (bicyclic) bond motifs is 7. The van der Waals surface area contributed by atoms with Crippen LogP contribution in [0.15, 0.2) is 173 Å². The zero-order valence-electron chi connectivity index (χ0n) is 28.1. The maximum Gasteiger partial charge on any atom is 0.167 e. The fourth-order valence-electron chi connectivity index (χ4n) is 7.42. The van der Waals surface area contributed by atoms with Crippen LogP contribution in [0.25, 0.3) is 106 Å². The fraction of sp³-hybridized carbons (Fsp3) is 0. The monoisotopic (exact) mass is 681 g/mol. The third kappa shape index (κ3) is 4.68. The predicted molar refractivity (Wildman–Crippen MR) is 211 cm³/mol. The van der Waals surface area contributed by atoms with Gasteiger partial charge in [-0.15, -0.1) is 0 Å². The molecular formula is C46H27N5O2. The Kier molecular flexibility index (Phi) is 6.42. The Hall–Kier alpha value is -7.38. The maximum atomic E-state index is 6.93. The van der Waals surface area contributed by atoms with E-state index < -0.39 is 0 Å². The van der Waals surface area contributed by atoms with Crippen molar-refractivity contribution in [2.45, 2.75) is 0 Å². The van der Waals surface area contributed by atoms with Gasteiger partial charge in [0, 0.05) is 38.4 Å². The molecule has 0 radical (unpaired) electrons. The minimum absolute atomic E-state index is 0.522. The van der Waals surface area contributed by atoms with E-state index in [1.165, 1.54) is 0 Å². The van der Waals surface area contributed by atoms with Gasteiger partial charge in [-0.05, 0) is 60.7 Å². The highest BCUT2D eigenvalue weighted by molar-refractivity contribution is 6.13. The molecule has 0 saturated heterocycles. The lowest BCUT2D eigenvalue weighted by Gasteiger charge is -2.10. The van der Waals surface area contributed by atoms with Crippen molar-refractivity contribution in [2.75, 3.05) is 0 Å². The number of benzene rings is 7. The molecule has 0 amide bonds. The van der Waals surface area contributed by atoms with Crippen molar-refractivity contribution < 1.29 is 8.83 Å². The molecule has 0 fully saturated rings. The molecule has 11 aromatic rings. The molecule has 11 rings (SSSR count). The second-order valence-corrected chi connectivity index (χ2v) is 13.0. The van der Waals surface area contributed by atoms with Gasteiger partial charge in [-0.2, -0.15) is 0 Å². The lowest BCUT2D eigenvalue weighted by molar-refractivity contribution is 0.669. The highest BCUT2D eigenvalue weighted by Crippen LogP contribution is 2.41. The van der Waals surface area contributed by atoms with Crippen molar-refractivity contribution in [3.63, 3.8) is 0 Å². The summed E-state index contributed by atoms with van der Waals surface area (Å²) in [6.45, 7) is 0. The summed E-state index contributed by atoms with van der Waals surface area (Å²) in [6.07, 6.45) is 0. The van der Waals surface area contributed by atoms with Crippen molar-refractivity contribution in [1.82, 2.24) is 24.5 Å². The number of aromatic nitrogens is 5. The molecule has 248 valence electrons. The third-order valence-corrected chi connectivity index (χ3v) is 9.88. The molecular weight excluding hydrogens is 655 g/mol. The highest BCUT2D eigenvalue weighted by Gasteiger charge is 2.22. The van der Waals surface area contributed by atoms with Crippen LogP contribution in [0.3, 0.4) is 0 Å². The van der Waals surface area contributed by atoms with Crippen LogP contribution in [-0.2, 0) is 0 Å². The van der Waals surface area contributed by atoms with Gasteiger partial charge < -0.3 is 8.83 Å². The molecule has 7 heteroatoms. The Balaban J connectivity index is 1.14. The summed E-state index contributed by atoms with van der Waals surface area (Å²) in [5.74, 6) is 2.47. The standard InChI is InChI=1S/C46H27N5O2/c1-3-13-28(14-4-1)43-48-44(29-25-26-40-36(27-29)31-17-7-10-24-39(31)52-40)50-45(49-43)34-20-11-18-32-33-19-12-21-35(42(33)53-41(32)34)46-47-37-22-8-9-23-38(37)51(46)30-15-5-2-6-16-30/h1-27H. The average Bonchev–Trinajstić information content (AvgIpc) is 3.92. The van der Waals surface area contributed by atoms with Gasteiger partial charge in [0.15, 0.2) is 17.5 Å². The van der Waals surface area contributed by atoms with E-state index in [2.05, 4.69) is 59.2 Å². The molecule has 0 N–H and O–H groups in total. The van der Waals surface area contributed by atoms with Crippen molar-refractivity contribution in [2.24, 2.45) is 0 Å². The van der Waals surface area contributed by atoms with Crippen LogP contribution in [0, 0.1) is 0 Å². The second-order valence-electron chi connectivity index (χ2n) is 13.0. The molecule has 4 aromatic heterocycles. The van der Waals surface area contributed by atoms with Crippen molar-refractivity contribution in [1.29, 1.82) is 0 Å². The smallest absolute Gasteiger partial charge is 0.167 e. The Morgan fingerprint density at radius 1 is 0.396 bits per heavy atom. The molecule has 0 unspecified atom stereocenters. The van der Waals surface area contributed by atoms with Crippen LogP contribution in [0.1, 0.15) is 0 Å². The Morgan fingerprint density at radius 3 is 1.85 bits per heavy atom. The van der Waals surface area contributed by atoms with Gasteiger partial charge in [0.2, 0.25) is 0 Å². The molecule has 0 aliphatic heterocycles. The normalized spacial score (nSPS) is 11.8. The van der Waals surface area contributed by atoms with Gasteiger partial charge in [0.25, 0.3) is 0 Å². The van der Waals surface area contributed by atoms with Gasteiger partial charge in [-0.25, -0.2) is 19.9 Å². The molecule has 0 spiro atoms. The molecule has 0 bridgehead atoms. The van der Waals surface area contributed by atoms with E-state index in [9.17, 15) is 0 Å². The van der Waals surface area contributed by atoms with E-state index in [4.69, 9.17) is 28.8 Å². The number of rotatable bonds is 5. The first-order valence-electron chi connectivity index (χ1n) is 17.5. The van der Waals surface area contributed by atoms with E-state index in [0.717, 1.165) is 83.1 Å². The van der Waals surface area contributed by atoms with Gasteiger partial charge in [0.1, 0.15) is 28.2 Å². The van der Waals surface area contributed by atoms with Gasteiger partial charge in [0.05, 0.1) is 22.2 Å². The van der Waals surface area contributed by atoms with Gasteiger partial charge in [-0.3, -0.25) is 4.57 Å². The van der Waals surface area contributed by atoms with Crippen LogP contribution >= 0.6 is 0 Å². The van der Waals surface area contributed by atoms with Crippen LogP contribution in [0.4, 0.5) is 0 Å². The van der Waals surface area contributed by atoms with Crippen molar-refractivity contribution in [3.05, 3.63) is 164 Å². The number of nitrogens with zero attached hydrogens (tertiary/aromatic N) is 5. The Morgan fingerprint density at radius 2 is 1.02 bits per heavy atom. The van der Waals surface area contributed by atoms with Crippen LogP contribution < -0.4 is 0 Å². The first kappa shape index (κ1) is 29.4. The molecule has 0 atom stereocenters.